The van der Waals surface area contributed by atoms with E-state index in [1.54, 1.807) is 22.0 Å². The van der Waals surface area contributed by atoms with Crippen LogP contribution in [0.15, 0.2) is 55.6 Å². The third kappa shape index (κ3) is 5.54. The zero-order valence-electron chi connectivity index (χ0n) is 23.1. The van der Waals surface area contributed by atoms with E-state index in [1.807, 2.05) is 37.3 Å². The van der Waals surface area contributed by atoms with Crippen molar-refractivity contribution in [2.24, 2.45) is 11.8 Å². The predicted octanol–water partition coefficient (Wildman–Crippen LogP) is 3.64. The lowest BCUT2D eigenvalue weighted by molar-refractivity contribution is -0.160. The van der Waals surface area contributed by atoms with Crippen LogP contribution in [0.2, 0.25) is 0 Å². The molecule has 1 spiro atoms. The van der Waals surface area contributed by atoms with Gasteiger partial charge in [-0.3, -0.25) is 14.4 Å². The Morgan fingerprint density at radius 3 is 2.62 bits per heavy atom. The fraction of sp³-hybridized carbons (Fsp3) is 0.581. The van der Waals surface area contributed by atoms with Crippen LogP contribution in [0.3, 0.4) is 0 Å². The van der Waals surface area contributed by atoms with Crippen LogP contribution in [0.4, 0.5) is 0 Å². The molecule has 3 aliphatic rings. The van der Waals surface area contributed by atoms with E-state index in [1.165, 1.54) is 0 Å². The summed E-state index contributed by atoms with van der Waals surface area (Å²) in [4.78, 5) is 45.3. The van der Waals surface area contributed by atoms with E-state index < -0.39 is 35.0 Å². The number of ether oxygens (including phenoxy) is 2. The van der Waals surface area contributed by atoms with E-state index in [0.29, 0.717) is 51.7 Å². The molecule has 3 aliphatic heterocycles. The van der Waals surface area contributed by atoms with Crippen LogP contribution in [0.5, 0.6) is 0 Å². The predicted molar refractivity (Wildman–Crippen MR) is 147 cm³/mol. The lowest BCUT2D eigenvalue weighted by Crippen LogP contribution is -2.56. The first kappa shape index (κ1) is 29.0. The molecule has 1 aromatic rings. The zero-order chi connectivity index (χ0) is 28.0. The minimum absolute atomic E-state index is 0.0777. The normalized spacial score (nSPS) is 28.8. The molecular formula is C31H42N2O6. The monoisotopic (exact) mass is 538 g/mol. The molecule has 3 saturated heterocycles. The number of nitrogens with zero attached hydrogens (tertiary/aromatic N) is 2. The van der Waals surface area contributed by atoms with Crippen molar-refractivity contribution >= 4 is 17.8 Å². The molecule has 5 atom stereocenters. The standard InChI is InChI=1S/C31H42N2O6/c1-4-6-13-21-38-29(37)25-24-27(35)33(19-11-8-12-20-34)26(31(24)17-16-30(25,3)39-31)28(36)32(18-5-2)22-23-14-9-7-10-15-23/h4-5,7,9-10,14-15,24-26,34H,1-2,6,8,11-13,16-22H2,3H3/t24-,25-,26?,30+,31?/m0/s1. The lowest BCUT2D eigenvalue weighted by Gasteiger charge is -2.37. The highest BCUT2D eigenvalue weighted by molar-refractivity contribution is 5.98. The summed E-state index contributed by atoms with van der Waals surface area (Å²) in [5.74, 6) is -2.37. The van der Waals surface area contributed by atoms with Crippen LogP contribution in [-0.4, -0.2) is 76.2 Å². The van der Waals surface area contributed by atoms with Crippen LogP contribution in [0.1, 0.15) is 57.4 Å². The van der Waals surface area contributed by atoms with Gasteiger partial charge in [0.15, 0.2) is 0 Å². The summed E-state index contributed by atoms with van der Waals surface area (Å²) in [5.41, 5.74) is -0.967. The number of hydrogen-bond acceptors (Lipinski definition) is 6. The number of likely N-dealkylation sites (tertiary alicyclic amines) is 1. The number of aliphatic hydroxyl groups is 1. The molecule has 212 valence electrons. The number of aliphatic hydroxyl groups excluding tert-OH is 1. The molecule has 0 aliphatic carbocycles. The van der Waals surface area contributed by atoms with E-state index in [4.69, 9.17) is 9.47 Å². The molecule has 0 aromatic heterocycles. The average Bonchev–Trinajstić information content (AvgIpc) is 3.49. The van der Waals surface area contributed by atoms with Crippen LogP contribution in [-0.2, 0) is 30.4 Å². The Labute approximate surface area is 231 Å². The molecule has 0 radical (unpaired) electrons. The summed E-state index contributed by atoms with van der Waals surface area (Å²) in [6, 6.07) is 8.89. The molecule has 4 rings (SSSR count). The summed E-state index contributed by atoms with van der Waals surface area (Å²) >= 11 is 0. The van der Waals surface area contributed by atoms with E-state index in [2.05, 4.69) is 13.2 Å². The second-order valence-electron chi connectivity index (χ2n) is 11.1. The maximum absolute atomic E-state index is 14.4. The SMILES string of the molecule is C=CCCCOC(=O)[C@@H]1[C@H]2C(=O)N(CCCCCO)C(C(=O)N(CC=C)Cc3ccccc3)C23CC[C@@]1(C)O3. The van der Waals surface area contributed by atoms with Crippen molar-refractivity contribution in [3.63, 3.8) is 0 Å². The molecule has 8 nitrogen and oxygen atoms in total. The molecule has 0 saturated carbocycles. The largest absolute Gasteiger partial charge is 0.465 e. The van der Waals surface area contributed by atoms with Crippen molar-refractivity contribution in [1.29, 1.82) is 0 Å². The van der Waals surface area contributed by atoms with Gasteiger partial charge in [0.1, 0.15) is 17.6 Å². The van der Waals surface area contributed by atoms with Crippen molar-refractivity contribution in [2.45, 2.75) is 75.7 Å². The van der Waals surface area contributed by atoms with Gasteiger partial charge in [-0.05, 0) is 57.4 Å². The van der Waals surface area contributed by atoms with Crippen molar-refractivity contribution in [3.05, 3.63) is 61.2 Å². The van der Waals surface area contributed by atoms with Crippen LogP contribution >= 0.6 is 0 Å². The van der Waals surface area contributed by atoms with Crippen LogP contribution in [0, 0.1) is 11.8 Å². The first-order valence-electron chi connectivity index (χ1n) is 14.2. The number of esters is 1. The quantitative estimate of drug-likeness (QED) is 0.208. The van der Waals surface area contributed by atoms with Gasteiger partial charge in [0.05, 0.1) is 18.1 Å². The first-order valence-corrected chi connectivity index (χ1v) is 14.2. The molecule has 1 N–H and O–H groups in total. The number of amides is 2. The molecular weight excluding hydrogens is 496 g/mol. The van der Waals surface area contributed by atoms with Gasteiger partial charge in [-0.15, -0.1) is 13.2 Å². The fourth-order valence-corrected chi connectivity index (χ4v) is 6.73. The van der Waals surface area contributed by atoms with E-state index in [0.717, 1.165) is 18.4 Å². The van der Waals surface area contributed by atoms with Crippen molar-refractivity contribution < 1.29 is 29.0 Å². The number of allylic oxidation sites excluding steroid dienone is 1. The summed E-state index contributed by atoms with van der Waals surface area (Å²) in [6.45, 7) is 10.8. The second-order valence-corrected chi connectivity index (χ2v) is 11.1. The number of carbonyl (C=O) groups is 3. The van der Waals surface area contributed by atoms with Gasteiger partial charge in [-0.2, -0.15) is 0 Å². The average molecular weight is 539 g/mol. The smallest absolute Gasteiger partial charge is 0.312 e. The van der Waals surface area contributed by atoms with Crippen LogP contribution in [0.25, 0.3) is 0 Å². The molecule has 2 unspecified atom stereocenters. The van der Waals surface area contributed by atoms with Gasteiger partial charge < -0.3 is 24.4 Å². The Morgan fingerprint density at radius 2 is 1.92 bits per heavy atom. The van der Waals surface area contributed by atoms with Gasteiger partial charge >= 0.3 is 5.97 Å². The highest BCUT2D eigenvalue weighted by atomic mass is 16.6. The van der Waals surface area contributed by atoms with Gasteiger partial charge in [0.25, 0.3) is 0 Å². The molecule has 3 heterocycles. The number of fused-ring (bicyclic) bond motifs is 1. The number of unbranched alkanes of at least 4 members (excludes halogenated alkanes) is 3. The molecule has 39 heavy (non-hydrogen) atoms. The maximum atomic E-state index is 14.4. The van der Waals surface area contributed by atoms with E-state index >= 15 is 0 Å². The summed E-state index contributed by atoms with van der Waals surface area (Å²) < 4.78 is 12.3. The topological polar surface area (TPSA) is 96.4 Å². The Bertz CT molecular complexity index is 1060. The third-order valence-corrected chi connectivity index (χ3v) is 8.50. The molecule has 3 fully saturated rings. The van der Waals surface area contributed by atoms with Gasteiger partial charge in [-0.25, -0.2) is 0 Å². The summed E-state index contributed by atoms with van der Waals surface area (Å²) in [6.07, 6.45) is 7.97. The van der Waals surface area contributed by atoms with Gasteiger partial charge in [0, 0.05) is 26.2 Å². The number of hydrogen-bond donors (Lipinski definition) is 1. The minimum atomic E-state index is -1.08. The Morgan fingerprint density at radius 1 is 1.15 bits per heavy atom. The highest BCUT2D eigenvalue weighted by Crippen LogP contribution is 2.63. The number of carbonyl (C=O) groups excluding carboxylic acids is 3. The first-order chi connectivity index (χ1) is 18.8. The Kier molecular flexibility index (Phi) is 9.28. The minimum Gasteiger partial charge on any atom is -0.465 e. The number of benzene rings is 1. The fourth-order valence-electron chi connectivity index (χ4n) is 6.73. The molecule has 2 amide bonds. The Balaban J connectivity index is 1.66. The van der Waals surface area contributed by atoms with Gasteiger partial charge in [0.2, 0.25) is 11.8 Å². The lowest BCUT2D eigenvalue weighted by atomic mass is 9.66. The van der Waals surface area contributed by atoms with Crippen molar-refractivity contribution in [1.82, 2.24) is 9.80 Å². The maximum Gasteiger partial charge on any atom is 0.312 e. The van der Waals surface area contributed by atoms with Crippen molar-refractivity contribution in [2.75, 3.05) is 26.3 Å². The highest BCUT2D eigenvalue weighted by Gasteiger charge is 2.78. The number of rotatable bonds is 15. The van der Waals surface area contributed by atoms with E-state index in [9.17, 15) is 19.5 Å². The van der Waals surface area contributed by atoms with Crippen LogP contribution < -0.4 is 0 Å². The summed E-state index contributed by atoms with van der Waals surface area (Å²) in [5, 5.41) is 9.24. The molecule has 1 aromatic carbocycles. The summed E-state index contributed by atoms with van der Waals surface area (Å²) in [7, 11) is 0. The Hall–Kier alpha value is -2.97. The van der Waals surface area contributed by atoms with Gasteiger partial charge in [-0.1, -0.05) is 42.5 Å². The molecule has 2 bridgehead atoms. The third-order valence-electron chi connectivity index (χ3n) is 8.50. The zero-order valence-corrected chi connectivity index (χ0v) is 23.1. The second kappa shape index (κ2) is 12.5. The molecule has 8 heteroatoms. The van der Waals surface area contributed by atoms with Crippen molar-refractivity contribution in [3.8, 4) is 0 Å². The van der Waals surface area contributed by atoms with E-state index in [-0.39, 0.29) is 25.0 Å².